The molecule has 6 heteroatoms. The van der Waals surface area contributed by atoms with Gasteiger partial charge < -0.3 is 18.6 Å². The second-order valence-corrected chi connectivity index (χ2v) is 13.7. The van der Waals surface area contributed by atoms with Crippen LogP contribution in [0.5, 0.6) is 0 Å². The van der Waals surface area contributed by atoms with Crippen LogP contribution in [0.3, 0.4) is 0 Å². The molecule has 204 valence electrons. The Morgan fingerprint density at radius 3 is 1.51 bits per heavy atom. The highest BCUT2D eigenvalue weighted by atomic mass is 16.7. The van der Waals surface area contributed by atoms with Crippen LogP contribution in [-0.2, 0) is 18.6 Å². The summed E-state index contributed by atoms with van der Waals surface area (Å²) in [4.78, 5) is 0. The van der Waals surface area contributed by atoms with Gasteiger partial charge in [0.15, 0.2) is 0 Å². The fourth-order valence-corrected chi connectivity index (χ4v) is 6.74. The molecule has 0 amide bonds. The smallest absolute Gasteiger partial charge is 0.400 e. The lowest BCUT2D eigenvalue weighted by Crippen LogP contribution is -2.41. The molecule has 0 N–H and O–H groups in total. The Morgan fingerprint density at radius 2 is 1.00 bits per heavy atom. The van der Waals surface area contributed by atoms with Crippen LogP contribution in [0.15, 0.2) is 71.6 Å². The lowest BCUT2D eigenvalue weighted by Gasteiger charge is -2.37. The quantitative estimate of drug-likeness (QED) is 0.387. The van der Waals surface area contributed by atoms with E-state index in [1.807, 2.05) is 0 Å². The highest BCUT2D eigenvalue weighted by Gasteiger charge is 2.59. The standard InChI is InChI=1S/C33H42B2O4/c1-30(2)31(3,4)37-34(36-30)28-25-21-15-20-24(25)26(22-16-11-9-12-17-22)29(27(28)23-18-13-10-14-19-23)35-38-32(5,6)33(7,8)39-35/h9-14,16-19,24-25H,15,20-21H2,1-8H3/t24-,25+/m0/s1. The molecule has 1 saturated carbocycles. The topological polar surface area (TPSA) is 36.9 Å². The van der Waals surface area contributed by atoms with E-state index in [2.05, 4.69) is 116 Å². The summed E-state index contributed by atoms with van der Waals surface area (Å²) in [6, 6.07) is 21.6. The molecule has 2 heterocycles. The van der Waals surface area contributed by atoms with Gasteiger partial charge in [-0.15, -0.1) is 0 Å². The summed E-state index contributed by atoms with van der Waals surface area (Å²) >= 11 is 0. The van der Waals surface area contributed by atoms with E-state index in [1.54, 1.807) is 0 Å². The van der Waals surface area contributed by atoms with Crippen molar-refractivity contribution < 1.29 is 18.6 Å². The van der Waals surface area contributed by atoms with Crippen molar-refractivity contribution in [1.82, 2.24) is 0 Å². The van der Waals surface area contributed by atoms with Crippen molar-refractivity contribution in [3.8, 4) is 0 Å². The Bertz CT molecular complexity index is 1280. The van der Waals surface area contributed by atoms with Gasteiger partial charge in [-0.25, -0.2) is 0 Å². The summed E-state index contributed by atoms with van der Waals surface area (Å²) in [6.07, 6.45) is 3.42. The zero-order valence-electron chi connectivity index (χ0n) is 24.8. The average molecular weight is 524 g/mol. The summed E-state index contributed by atoms with van der Waals surface area (Å²) in [6.45, 7) is 17.1. The van der Waals surface area contributed by atoms with Crippen LogP contribution in [0, 0.1) is 11.8 Å². The molecule has 0 radical (unpaired) electrons. The first-order valence-electron chi connectivity index (χ1n) is 14.6. The molecule has 3 fully saturated rings. The molecule has 39 heavy (non-hydrogen) atoms. The van der Waals surface area contributed by atoms with Crippen LogP contribution in [-0.4, -0.2) is 36.6 Å². The van der Waals surface area contributed by atoms with Gasteiger partial charge in [0.25, 0.3) is 0 Å². The van der Waals surface area contributed by atoms with Gasteiger partial charge in [-0.3, -0.25) is 0 Å². The molecule has 4 aliphatic rings. The van der Waals surface area contributed by atoms with E-state index in [-0.39, 0.29) is 0 Å². The van der Waals surface area contributed by atoms with Gasteiger partial charge in [0.2, 0.25) is 0 Å². The molecule has 0 aromatic heterocycles. The van der Waals surface area contributed by atoms with E-state index in [0.29, 0.717) is 11.8 Å². The number of rotatable bonds is 4. The molecule has 0 spiro atoms. The maximum Gasteiger partial charge on any atom is 0.495 e. The van der Waals surface area contributed by atoms with Gasteiger partial charge in [-0.05, 0) is 113 Å². The van der Waals surface area contributed by atoms with E-state index < -0.39 is 36.6 Å². The van der Waals surface area contributed by atoms with Crippen LogP contribution in [0.4, 0.5) is 0 Å². The second kappa shape index (κ2) is 9.21. The monoisotopic (exact) mass is 524 g/mol. The van der Waals surface area contributed by atoms with Crippen molar-refractivity contribution in [1.29, 1.82) is 0 Å². The van der Waals surface area contributed by atoms with E-state index in [4.69, 9.17) is 18.6 Å². The predicted molar refractivity (Wildman–Crippen MR) is 160 cm³/mol. The third kappa shape index (κ3) is 4.30. The minimum Gasteiger partial charge on any atom is -0.400 e. The van der Waals surface area contributed by atoms with E-state index >= 15 is 0 Å². The Labute approximate surface area is 235 Å². The molecule has 2 aliphatic heterocycles. The largest absolute Gasteiger partial charge is 0.495 e. The minimum absolute atomic E-state index is 0.330. The lowest BCUT2D eigenvalue weighted by atomic mass is 9.53. The Morgan fingerprint density at radius 1 is 0.564 bits per heavy atom. The third-order valence-corrected chi connectivity index (χ3v) is 10.3. The fraction of sp³-hybridized carbons (Fsp3) is 0.515. The molecular weight excluding hydrogens is 482 g/mol. The number of hydrogen-bond acceptors (Lipinski definition) is 4. The summed E-state index contributed by atoms with van der Waals surface area (Å²) in [5.74, 6) is 0.680. The molecule has 0 bridgehead atoms. The first-order chi connectivity index (χ1) is 18.3. The lowest BCUT2D eigenvalue weighted by molar-refractivity contribution is 0.00578. The zero-order valence-corrected chi connectivity index (χ0v) is 24.8. The highest BCUT2D eigenvalue weighted by molar-refractivity contribution is 6.64. The highest BCUT2D eigenvalue weighted by Crippen LogP contribution is 2.57. The molecule has 2 saturated heterocycles. The van der Waals surface area contributed by atoms with Gasteiger partial charge in [-0.2, -0.15) is 0 Å². The third-order valence-electron chi connectivity index (χ3n) is 10.3. The Hall–Kier alpha value is -2.11. The van der Waals surface area contributed by atoms with Crippen LogP contribution < -0.4 is 0 Å². The minimum atomic E-state index is -0.501. The summed E-state index contributed by atoms with van der Waals surface area (Å²) < 4.78 is 27.3. The molecule has 2 aromatic carbocycles. The van der Waals surface area contributed by atoms with Crippen molar-refractivity contribution in [3.05, 3.63) is 82.7 Å². The van der Waals surface area contributed by atoms with Crippen molar-refractivity contribution in [2.75, 3.05) is 0 Å². The number of fused-ring (bicyclic) bond motifs is 1. The molecule has 4 nitrogen and oxygen atoms in total. The van der Waals surface area contributed by atoms with Gasteiger partial charge in [0, 0.05) is 0 Å². The van der Waals surface area contributed by atoms with Crippen molar-refractivity contribution in [3.63, 3.8) is 0 Å². The van der Waals surface area contributed by atoms with Crippen LogP contribution in [0.2, 0.25) is 0 Å². The Balaban J connectivity index is 1.66. The van der Waals surface area contributed by atoms with Crippen LogP contribution in [0.25, 0.3) is 11.1 Å². The van der Waals surface area contributed by atoms with Crippen LogP contribution >= 0.6 is 0 Å². The van der Waals surface area contributed by atoms with Crippen molar-refractivity contribution in [2.24, 2.45) is 11.8 Å². The van der Waals surface area contributed by atoms with Gasteiger partial charge in [-0.1, -0.05) is 67.1 Å². The molecular formula is C33H42B2O4. The van der Waals surface area contributed by atoms with Gasteiger partial charge >= 0.3 is 14.2 Å². The second-order valence-electron chi connectivity index (χ2n) is 13.7. The summed E-state index contributed by atoms with van der Waals surface area (Å²) in [7, 11) is -0.926. The molecule has 2 atom stereocenters. The molecule has 2 aromatic rings. The predicted octanol–water partition coefficient (Wildman–Crippen LogP) is 7.59. The molecule has 2 aliphatic carbocycles. The van der Waals surface area contributed by atoms with Gasteiger partial charge in [0.05, 0.1) is 22.4 Å². The number of benzene rings is 2. The van der Waals surface area contributed by atoms with Crippen molar-refractivity contribution in [2.45, 2.75) is 97.1 Å². The zero-order chi connectivity index (χ0) is 27.8. The van der Waals surface area contributed by atoms with Gasteiger partial charge in [0.1, 0.15) is 0 Å². The normalized spacial score (nSPS) is 28.8. The fourth-order valence-electron chi connectivity index (χ4n) is 6.74. The Kier molecular flexibility index (Phi) is 6.39. The summed E-state index contributed by atoms with van der Waals surface area (Å²) in [5, 5.41) is 0. The van der Waals surface area contributed by atoms with E-state index in [9.17, 15) is 0 Å². The molecule has 6 rings (SSSR count). The maximum atomic E-state index is 6.85. The average Bonchev–Trinajstić information content (AvgIpc) is 3.50. The first kappa shape index (κ1) is 27.1. The number of allylic oxidation sites excluding steroid dienone is 4. The van der Waals surface area contributed by atoms with Crippen molar-refractivity contribution >= 4 is 25.4 Å². The maximum absolute atomic E-state index is 6.85. The SMILES string of the molecule is CC1(C)OB(C2=C(c3ccccc3)[C@H]3CCC[C@H]3C(B3OC(C)(C)C(C)(C)O3)=C2c2ccccc2)OC1(C)C. The summed E-state index contributed by atoms with van der Waals surface area (Å²) in [5.41, 5.74) is 5.58. The number of hydrogen-bond donors (Lipinski definition) is 0. The van der Waals surface area contributed by atoms with E-state index in [0.717, 1.165) is 23.9 Å². The first-order valence-corrected chi connectivity index (χ1v) is 14.6. The van der Waals surface area contributed by atoms with Crippen LogP contribution in [0.1, 0.15) is 85.8 Å². The van der Waals surface area contributed by atoms with E-state index in [1.165, 1.54) is 28.6 Å². The molecule has 0 unspecified atom stereocenters.